The lowest BCUT2D eigenvalue weighted by Gasteiger charge is -2.27. The molecule has 0 N–H and O–H groups in total. The number of halogens is 1. The molecule has 9 nitrogen and oxygen atoms in total. The lowest BCUT2D eigenvalue weighted by atomic mass is 10.1. The van der Waals surface area contributed by atoms with Crippen molar-refractivity contribution in [2.24, 2.45) is 0 Å². The third kappa shape index (κ3) is 6.49. The van der Waals surface area contributed by atoms with Crippen LogP contribution < -0.4 is 14.2 Å². The Labute approximate surface area is 238 Å². The first-order valence-electron chi connectivity index (χ1n) is 12.2. The van der Waals surface area contributed by atoms with E-state index in [-0.39, 0.29) is 23.1 Å². The van der Waals surface area contributed by atoms with Crippen LogP contribution in [0.15, 0.2) is 41.3 Å². The monoisotopic (exact) mass is 650 g/mol. The first-order chi connectivity index (χ1) is 18.3. The number of likely N-dealkylation sites (tertiary alicyclic amines) is 1. The zero-order chi connectivity index (χ0) is 27.2. The summed E-state index contributed by atoms with van der Waals surface area (Å²) in [4.78, 5) is 53.8. The maximum absolute atomic E-state index is 13.0. The molecule has 0 saturated carbocycles. The van der Waals surface area contributed by atoms with Gasteiger partial charge in [-0.3, -0.25) is 19.3 Å². The summed E-state index contributed by atoms with van der Waals surface area (Å²) in [6.45, 7) is 3.17. The van der Waals surface area contributed by atoms with E-state index in [1.54, 1.807) is 61.4 Å². The molecule has 38 heavy (non-hydrogen) atoms. The second-order valence-corrected chi connectivity index (χ2v) is 10.7. The second-order valence-electron chi connectivity index (χ2n) is 8.59. The van der Waals surface area contributed by atoms with Gasteiger partial charge in [0.1, 0.15) is 12.3 Å². The van der Waals surface area contributed by atoms with Crippen LogP contribution >= 0.6 is 34.4 Å². The van der Waals surface area contributed by atoms with Crippen LogP contribution in [0.2, 0.25) is 0 Å². The zero-order valence-electron chi connectivity index (χ0n) is 21.0. The highest BCUT2D eigenvalue weighted by molar-refractivity contribution is 14.1. The topological polar surface area (TPSA) is 102 Å². The number of carbonyl (C=O) groups is 4. The molecule has 0 radical (unpaired) electrons. The number of ether oxygens (including phenoxy) is 3. The van der Waals surface area contributed by atoms with E-state index in [2.05, 4.69) is 0 Å². The van der Waals surface area contributed by atoms with Gasteiger partial charge in [0.2, 0.25) is 5.91 Å². The van der Waals surface area contributed by atoms with Gasteiger partial charge in [-0.2, -0.15) is 0 Å². The van der Waals surface area contributed by atoms with E-state index in [0.717, 1.165) is 35.9 Å². The maximum Gasteiger partial charge on any atom is 0.343 e. The van der Waals surface area contributed by atoms with Crippen LogP contribution in [0, 0.1) is 3.57 Å². The number of piperidine rings is 1. The number of hydrogen-bond acceptors (Lipinski definition) is 8. The molecule has 4 rings (SSSR count). The molecule has 2 fully saturated rings. The average molecular weight is 650 g/mol. The summed E-state index contributed by atoms with van der Waals surface area (Å²) in [7, 11) is 1.54. The first kappa shape index (κ1) is 28.0. The van der Waals surface area contributed by atoms with E-state index < -0.39 is 17.1 Å². The quantitative estimate of drug-likeness (QED) is 0.171. The molecular formula is C27H27IN2O7S. The SMILES string of the molecule is CCOc1cc(/C=C2\SC(=O)N(CC(=O)N3CCCCC3)C2=O)cc(I)c1OC(=O)c1ccc(OC)cc1. The van der Waals surface area contributed by atoms with Gasteiger partial charge >= 0.3 is 5.97 Å². The number of methoxy groups -OCH3 is 1. The summed E-state index contributed by atoms with van der Waals surface area (Å²) in [6, 6.07) is 9.92. The molecule has 11 heteroatoms. The number of carbonyl (C=O) groups excluding carboxylic acids is 4. The van der Waals surface area contributed by atoms with Gasteiger partial charge < -0.3 is 19.1 Å². The Morgan fingerprint density at radius 2 is 1.79 bits per heavy atom. The minimum absolute atomic E-state index is 0.211. The molecule has 2 aromatic carbocycles. The van der Waals surface area contributed by atoms with Crippen LogP contribution in [-0.4, -0.2) is 66.2 Å². The number of rotatable bonds is 8. The molecule has 2 aliphatic rings. The van der Waals surface area contributed by atoms with E-state index in [1.807, 2.05) is 22.6 Å². The fraction of sp³-hybridized carbons (Fsp3) is 0.333. The Balaban J connectivity index is 1.52. The van der Waals surface area contributed by atoms with Gasteiger partial charge in [0.15, 0.2) is 11.5 Å². The van der Waals surface area contributed by atoms with E-state index in [0.29, 0.717) is 45.9 Å². The molecule has 2 saturated heterocycles. The summed E-state index contributed by atoms with van der Waals surface area (Å²) in [5.74, 6) is -0.0787. The summed E-state index contributed by atoms with van der Waals surface area (Å²) < 4.78 is 17.1. The van der Waals surface area contributed by atoms with Gasteiger partial charge in [0.25, 0.3) is 11.1 Å². The number of nitrogens with zero attached hydrogens (tertiary/aromatic N) is 2. The predicted molar refractivity (Wildman–Crippen MR) is 151 cm³/mol. The minimum atomic E-state index is -0.557. The normalized spacial score (nSPS) is 16.7. The largest absolute Gasteiger partial charge is 0.497 e. The molecule has 3 amide bonds. The van der Waals surface area contributed by atoms with Crippen LogP contribution in [0.1, 0.15) is 42.1 Å². The number of hydrogen-bond donors (Lipinski definition) is 0. The van der Waals surface area contributed by atoms with Crippen molar-refractivity contribution in [3.63, 3.8) is 0 Å². The molecule has 2 heterocycles. The van der Waals surface area contributed by atoms with Crippen molar-refractivity contribution in [3.8, 4) is 17.2 Å². The summed E-state index contributed by atoms with van der Waals surface area (Å²) in [5, 5.41) is -0.476. The Hall–Kier alpha value is -3.06. The van der Waals surface area contributed by atoms with Crippen molar-refractivity contribution < 1.29 is 33.4 Å². The Bertz CT molecular complexity index is 1270. The van der Waals surface area contributed by atoms with E-state index in [4.69, 9.17) is 14.2 Å². The minimum Gasteiger partial charge on any atom is -0.497 e. The first-order valence-corrected chi connectivity index (χ1v) is 14.1. The molecule has 0 aromatic heterocycles. The molecular weight excluding hydrogens is 623 g/mol. The Morgan fingerprint density at radius 1 is 1.08 bits per heavy atom. The van der Waals surface area contributed by atoms with Crippen LogP contribution in [0.5, 0.6) is 17.2 Å². The van der Waals surface area contributed by atoms with Crippen molar-refractivity contribution in [3.05, 3.63) is 56.0 Å². The lowest BCUT2D eigenvalue weighted by molar-refractivity contribution is -0.136. The fourth-order valence-corrected chi connectivity index (χ4v) is 5.65. The van der Waals surface area contributed by atoms with Crippen molar-refractivity contribution in [2.45, 2.75) is 26.2 Å². The molecule has 200 valence electrons. The summed E-state index contributed by atoms with van der Waals surface area (Å²) in [5.41, 5.74) is 0.941. The Morgan fingerprint density at radius 3 is 2.45 bits per heavy atom. The number of benzene rings is 2. The van der Waals surface area contributed by atoms with Gasteiger partial charge in [-0.1, -0.05) is 0 Å². The molecule has 2 aliphatic heterocycles. The van der Waals surface area contributed by atoms with Crippen LogP contribution in [0.4, 0.5) is 4.79 Å². The van der Waals surface area contributed by atoms with Gasteiger partial charge in [-0.05, 0) is 109 Å². The van der Waals surface area contributed by atoms with Gasteiger partial charge in [-0.25, -0.2) is 4.79 Å². The van der Waals surface area contributed by atoms with Gasteiger partial charge in [-0.15, -0.1) is 0 Å². The van der Waals surface area contributed by atoms with Gasteiger partial charge in [0.05, 0.1) is 27.8 Å². The van der Waals surface area contributed by atoms with Crippen molar-refractivity contribution in [2.75, 3.05) is 33.4 Å². The van der Waals surface area contributed by atoms with E-state index >= 15 is 0 Å². The maximum atomic E-state index is 13.0. The van der Waals surface area contributed by atoms with Crippen molar-refractivity contribution in [1.29, 1.82) is 0 Å². The van der Waals surface area contributed by atoms with Gasteiger partial charge in [0, 0.05) is 13.1 Å². The zero-order valence-corrected chi connectivity index (χ0v) is 24.0. The van der Waals surface area contributed by atoms with E-state index in [1.165, 1.54) is 0 Å². The molecule has 0 atom stereocenters. The highest BCUT2D eigenvalue weighted by atomic mass is 127. The summed E-state index contributed by atoms with van der Waals surface area (Å²) >= 11 is 2.82. The highest BCUT2D eigenvalue weighted by Gasteiger charge is 2.37. The van der Waals surface area contributed by atoms with Crippen molar-refractivity contribution in [1.82, 2.24) is 9.80 Å². The third-order valence-electron chi connectivity index (χ3n) is 6.03. The third-order valence-corrected chi connectivity index (χ3v) is 7.73. The number of esters is 1. The van der Waals surface area contributed by atoms with Crippen LogP contribution in [0.3, 0.4) is 0 Å². The molecule has 0 spiro atoms. The molecule has 0 unspecified atom stereocenters. The smallest absolute Gasteiger partial charge is 0.343 e. The lowest BCUT2D eigenvalue weighted by Crippen LogP contribution is -2.44. The average Bonchev–Trinajstić information content (AvgIpc) is 3.18. The standard InChI is InChI=1S/C27H27IN2O7S/c1-3-36-21-14-17(13-20(28)24(21)37-26(33)18-7-9-19(35-2)10-8-18)15-22-25(32)30(27(34)38-22)16-23(31)29-11-5-4-6-12-29/h7-10,13-15H,3-6,11-12,16H2,1-2H3/b22-15-. The predicted octanol–water partition coefficient (Wildman–Crippen LogP) is 4.97. The molecule has 0 bridgehead atoms. The highest BCUT2D eigenvalue weighted by Crippen LogP contribution is 2.38. The molecule has 2 aromatic rings. The summed E-state index contributed by atoms with van der Waals surface area (Å²) in [6.07, 6.45) is 4.52. The number of amides is 3. The van der Waals surface area contributed by atoms with Crippen LogP contribution in [-0.2, 0) is 9.59 Å². The number of imide groups is 1. The second kappa shape index (κ2) is 12.7. The van der Waals surface area contributed by atoms with E-state index in [9.17, 15) is 19.2 Å². The van der Waals surface area contributed by atoms with Crippen LogP contribution in [0.25, 0.3) is 6.08 Å². The molecule has 0 aliphatic carbocycles. The van der Waals surface area contributed by atoms with Crippen molar-refractivity contribution >= 4 is 63.5 Å². The Kier molecular flexibility index (Phi) is 9.31. The fourth-order valence-electron chi connectivity index (χ4n) is 4.08. The number of thioether (sulfide) groups is 1.